The molecule has 1 amide bonds. The minimum Gasteiger partial charge on any atom is -0.391 e. The van der Waals surface area contributed by atoms with Crippen molar-refractivity contribution >= 4 is 16.0 Å². The predicted molar refractivity (Wildman–Crippen MR) is 190 cm³/mol. The van der Waals surface area contributed by atoms with Crippen LogP contribution in [-0.2, 0) is 14.9 Å². The van der Waals surface area contributed by atoms with Crippen molar-refractivity contribution in [2.24, 2.45) is 0 Å². The fourth-order valence-corrected chi connectivity index (χ4v) is 6.63. The molecule has 0 aromatic rings. The van der Waals surface area contributed by atoms with E-state index in [-0.39, 0.29) is 0 Å². The summed E-state index contributed by atoms with van der Waals surface area (Å²) in [4.78, 5) is 12.6. The summed E-state index contributed by atoms with van der Waals surface area (Å²) in [5, 5.41) is 23.4. The van der Waals surface area contributed by atoms with Gasteiger partial charge < -0.3 is 15.5 Å². The number of hydrogen-bond acceptors (Lipinski definition) is 5. The molecule has 0 heterocycles. The van der Waals surface area contributed by atoms with Crippen LogP contribution in [0, 0.1) is 0 Å². The third kappa shape index (κ3) is 31.4. The van der Waals surface area contributed by atoms with E-state index in [0.717, 1.165) is 44.9 Å². The van der Waals surface area contributed by atoms with Crippen molar-refractivity contribution in [3.63, 3.8) is 0 Å². The van der Waals surface area contributed by atoms with E-state index in [2.05, 4.69) is 31.3 Å². The SMILES string of the molecule is CCCCCCCC/C=C\CCCCCCCCC(O)C(=O)NC(CS(=O)(=O)O)C(O)CCCCCCCCCCCCCC. The van der Waals surface area contributed by atoms with Crippen LogP contribution in [-0.4, -0.2) is 53.1 Å². The fraction of sp³-hybridized carbons (Fsp3) is 0.919. The summed E-state index contributed by atoms with van der Waals surface area (Å²) in [7, 11) is -4.40. The zero-order valence-electron chi connectivity index (χ0n) is 29.4. The van der Waals surface area contributed by atoms with Crippen LogP contribution in [0.2, 0.25) is 0 Å². The Bertz CT molecular complexity index is 788. The standard InChI is InChI=1S/C37H73NO6S/c1-3-5-7-9-11-13-15-17-18-19-20-22-24-26-28-30-32-36(40)37(41)38-34(33-45(42,43)44)35(39)31-29-27-25-23-21-16-14-12-10-8-6-4-2/h17-18,34-36,39-40H,3-16,19-33H2,1-2H3,(H,38,41)(H,42,43,44)/b18-17-. The first kappa shape index (κ1) is 44.0. The zero-order chi connectivity index (χ0) is 33.4. The first-order valence-corrected chi connectivity index (χ1v) is 20.6. The van der Waals surface area contributed by atoms with Crippen LogP contribution < -0.4 is 5.32 Å². The quantitative estimate of drug-likeness (QED) is 0.0310. The molecule has 45 heavy (non-hydrogen) atoms. The summed E-state index contributed by atoms with van der Waals surface area (Å²) >= 11 is 0. The Kier molecular flexibility index (Phi) is 31.0. The summed E-state index contributed by atoms with van der Waals surface area (Å²) in [5.41, 5.74) is 0. The Labute approximate surface area is 278 Å². The molecule has 7 nitrogen and oxygen atoms in total. The lowest BCUT2D eigenvalue weighted by Crippen LogP contribution is -2.50. The molecule has 8 heteroatoms. The zero-order valence-corrected chi connectivity index (χ0v) is 30.2. The number of rotatable bonds is 34. The van der Waals surface area contributed by atoms with Gasteiger partial charge in [0.25, 0.3) is 10.1 Å². The average Bonchev–Trinajstić information content (AvgIpc) is 3.00. The Morgan fingerprint density at radius 2 is 0.933 bits per heavy atom. The molecule has 0 aliphatic carbocycles. The second-order valence-electron chi connectivity index (χ2n) is 13.4. The van der Waals surface area contributed by atoms with Crippen LogP contribution in [0.3, 0.4) is 0 Å². The average molecular weight is 660 g/mol. The van der Waals surface area contributed by atoms with Crippen molar-refractivity contribution in [2.45, 2.75) is 212 Å². The van der Waals surface area contributed by atoms with E-state index < -0.39 is 40.0 Å². The molecule has 0 aromatic carbocycles. The minimum atomic E-state index is -4.40. The lowest BCUT2D eigenvalue weighted by Gasteiger charge is -2.24. The van der Waals surface area contributed by atoms with E-state index >= 15 is 0 Å². The van der Waals surface area contributed by atoms with Gasteiger partial charge in [0.1, 0.15) is 6.10 Å². The van der Waals surface area contributed by atoms with Gasteiger partial charge in [-0.25, -0.2) is 0 Å². The van der Waals surface area contributed by atoms with Gasteiger partial charge in [-0.05, 0) is 38.5 Å². The second kappa shape index (κ2) is 31.6. The molecule has 0 radical (unpaired) electrons. The van der Waals surface area contributed by atoms with Gasteiger partial charge in [-0.3, -0.25) is 9.35 Å². The highest BCUT2D eigenvalue weighted by molar-refractivity contribution is 7.85. The minimum absolute atomic E-state index is 0.292. The van der Waals surface area contributed by atoms with Crippen molar-refractivity contribution in [1.29, 1.82) is 0 Å². The highest BCUT2D eigenvalue weighted by Gasteiger charge is 2.28. The van der Waals surface area contributed by atoms with Gasteiger partial charge >= 0.3 is 0 Å². The molecule has 0 aliphatic heterocycles. The molecule has 0 aromatic heterocycles. The maximum absolute atomic E-state index is 12.6. The van der Waals surface area contributed by atoms with Gasteiger partial charge in [-0.2, -0.15) is 8.42 Å². The van der Waals surface area contributed by atoms with Crippen molar-refractivity contribution in [1.82, 2.24) is 5.32 Å². The van der Waals surface area contributed by atoms with E-state index in [4.69, 9.17) is 0 Å². The molecule has 3 atom stereocenters. The lowest BCUT2D eigenvalue weighted by atomic mass is 10.0. The number of unbranched alkanes of at least 4 members (excludes halogenated alkanes) is 23. The molecule has 268 valence electrons. The molecular weight excluding hydrogens is 586 g/mol. The molecular formula is C37H73NO6S. The molecule has 0 bridgehead atoms. The number of nitrogens with one attached hydrogen (secondary N) is 1. The highest BCUT2D eigenvalue weighted by Crippen LogP contribution is 2.15. The number of carbonyl (C=O) groups excluding carboxylic acids is 1. The van der Waals surface area contributed by atoms with E-state index in [1.807, 2.05) is 0 Å². The fourth-order valence-electron chi connectivity index (χ4n) is 5.87. The largest absolute Gasteiger partial charge is 0.391 e. The number of aliphatic hydroxyl groups excluding tert-OH is 2. The van der Waals surface area contributed by atoms with Gasteiger partial charge in [0, 0.05) is 0 Å². The van der Waals surface area contributed by atoms with Gasteiger partial charge in [0.05, 0.1) is 17.9 Å². The van der Waals surface area contributed by atoms with E-state index in [1.165, 1.54) is 109 Å². The highest BCUT2D eigenvalue weighted by atomic mass is 32.2. The number of hydrogen-bond donors (Lipinski definition) is 4. The van der Waals surface area contributed by atoms with Crippen LogP contribution in [0.15, 0.2) is 12.2 Å². The number of amides is 1. The summed E-state index contributed by atoms with van der Waals surface area (Å²) in [6, 6.07) is -1.14. The van der Waals surface area contributed by atoms with Gasteiger partial charge in [-0.1, -0.05) is 167 Å². The Morgan fingerprint density at radius 1 is 0.578 bits per heavy atom. The van der Waals surface area contributed by atoms with Crippen molar-refractivity contribution in [2.75, 3.05) is 5.75 Å². The summed E-state index contributed by atoms with van der Waals surface area (Å²) in [6.45, 7) is 4.48. The molecule has 0 rings (SSSR count). The van der Waals surface area contributed by atoms with Crippen LogP contribution >= 0.6 is 0 Å². The normalized spacial score (nSPS) is 14.2. The lowest BCUT2D eigenvalue weighted by molar-refractivity contribution is -0.131. The smallest absolute Gasteiger partial charge is 0.266 e. The van der Waals surface area contributed by atoms with Crippen LogP contribution in [0.25, 0.3) is 0 Å². The Hall–Kier alpha value is -0.960. The van der Waals surface area contributed by atoms with Crippen LogP contribution in [0.4, 0.5) is 0 Å². The first-order valence-electron chi connectivity index (χ1n) is 19.0. The van der Waals surface area contributed by atoms with E-state index in [0.29, 0.717) is 25.7 Å². The van der Waals surface area contributed by atoms with E-state index in [9.17, 15) is 28.0 Å². The van der Waals surface area contributed by atoms with Gasteiger partial charge in [-0.15, -0.1) is 0 Å². The van der Waals surface area contributed by atoms with Crippen LogP contribution in [0.1, 0.15) is 194 Å². The number of carbonyl (C=O) groups is 1. The molecule has 0 fully saturated rings. The maximum Gasteiger partial charge on any atom is 0.266 e. The molecule has 4 N–H and O–H groups in total. The summed E-state index contributed by atoms with van der Waals surface area (Å²) < 4.78 is 32.4. The molecule has 3 unspecified atom stereocenters. The predicted octanol–water partition coefficient (Wildman–Crippen LogP) is 9.60. The number of allylic oxidation sites excluding steroid dienone is 2. The monoisotopic (exact) mass is 660 g/mol. The van der Waals surface area contributed by atoms with E-state index in [1.54, 1.807) is 0 Å². The summed E-state index contributed by atoms with van der Waals surface area (Å²) in [6.07, 6.45) is 33.7. The Morgan fingerprint density at radius 3 is 1.33 bits per heavy atom. The second-order valence-corrected chi connectivity index (χ2v) is 14.8. The molecule has 0 saturated heterocycles. The maximum atomic E-state index is 12.6. The van der Waals surface area contributed by atoms with Crippen molar-refractivity contribution in [3.05, 3.63) is 12.2 Å². The van der Waals surface area contributed by atoms with Crippen molar-refractivity contribution in [3.8, 4) is 0 Å². The molecule has 0 spiro atoms. The van der Waals surface area contributed by atoms with Gasteiger partial charge in [0.2, 0.25) is 5.91 Å². The third-order valence-electron chi connectivity index (χ3n) is 8.83. The number of aliphatic hydroxyl groups is 2. The summed E-state index contributed by atoms with van der Waals surface area (Å²) in [5.74, 6) is -1.45. The van der Waals surface area contributed by atoms with Gasteiger partial charge in [0.15, 0.2) is 0 Å². The van der Waals surface area contributed by atoms with Crippen LogP contribution in [0.5, 0.6) is 0 Å². The van der Waals surface area contributed by atoms with Crippen molar-refractivity contribution < 1.29 is 28.0 Å². The first-order chi connectivity index (χ1) is 21.7. The topological polar surface area (TPSA) is 124 Å². The molecule has 0 saturated carbocycles. The third-order valence-corrected chi connectivity index (χ3v) is 9.61. The Balaban J connectivity index is 4.03. The molecule has 0 aliphatic rings.